The molecule has 1 fully saturated rings. The standard InChI is InChI=1S/C14H19N3OS/c1-2-19(18)13-7-3-5-11(9-13)16-14-8-4-6-12(10-15)17-14/h4,6,8,11,13H,2-3,5,7,9H2,1H3,(H,16,17)/t11-,13+,19-/m0/s1. The van der Waals surface area contributed by atoms with Gasteiger partial charge in [0.2, 0.25) is 0 Å². The Kier molecular flexibility index (Phi) is 4.92. The van der Waals surface area contributed by atoms with E-state index in [9.17, 15) is 4.21 Å². The summed E-state index contributed by atoms with van der Waals surface area (Å²) in [5, 5.41) is 12.5. The maximum Gasteiger partial charge on any atom is 0.142 e. The van der Waals surface area contributed by atoms with Gasteiger partial charge in [-0.15, -0.1) is 0 Å². The van der Waals surface area contributed by atoms with Crippen molar-refractivity contribution in [1.82, 2.24) is 4.98 Å². The molecule has 1 aliphatic rings. The number of nitrogens with one attached hydrogen (secondary N) is 1. The molecule has 0 spiro atoms. The molecule has 0 unspecified atom stereocenters. The second-order valence-corrected chi connectivity index (χ2v) is 6.82. The van der Waals surface area contributed by atoms with Crippen LogP contribution in [0.5, 0.6) is 0 Å². The van der Waals surface area contributed by atoms with Crippen LogP contribution in [0.15, 0.2) is 18.2 Å². The van der Waals surface area contributed by atoms with Crippen LogP contribution >= 0.6 is 0 Å². The molecule has 3 atom stereocenters. The first-order valence-electron chi connectivity index (χ1n) is 6.73. The zero-order valence-electron chi connectivity index (χ0n) is 11.1. The lowest BCUT2D eigenvalue weighted by molar-refractivity contribution is 0.464. The molecule has 4 nitrogen and oxygen atoms in total. The minimum absolute atomic E-state index is 0.301. The molecule has 1 aliphatic carbocycles. The quantitative estimate of drug-likeness (QED) is 0.918. The van der Waals surface area contributed by atoms with E-state index in [1.165, 1.54) is 0 Å². The molecule has 19 heavy (non-hydrogen) atoms. The topological polar surface area (TPSA) is 65.8 Å². The molecule has 0 aromatic carbocycles. The number of rotatable bonds is 4. The molecule has 0 saturated heterocycles. The molecule has 1 saturated carbocycles. The Morgan fingerprint density at radius 1 is 1.53 bits per heavy atom. The van der Waals surface area contributed by atoms with Gasteiger partial charge in [0, 0.05) is 27.8 Å². The average molecular weight is 277 g/mol. The lowest BCUT2D eigenvalue weighted by Gasteiger charge is -2.29. The van der Waals surface area contributed by atoms with Crippen LogP contribution in [-0.2, 0) is 10.8 Å². The van der Waals surface area contributed by atoms with Crippen molar-refractivity contribution in [2.24, 2.45) is 0 Å². The van der Waals surface area contributed by atoms with Gasteiger partial charge in [-0.2, -0.15) is 5.26 Å². The highest BCUT2D eigenvalue weighted by molar-refractivity contribution is 7.85. The van der Waals surface area contributed by atoms with Crippen LogP contribution in [-0.4, -0.2) is 26.2 Å². The lowest BCUT2D eigenvalue weighted by atomic mass is 9.95. The predicted octanol–water partition coefficient (Wildman–Crippen LogP) is 2.44. The van der Waals surface area contributed by atoms with Gasteiger partial charge in [-0.25, -0.2) is 4.98 Å². The summed E-state index contributed by atoms with van der Waals surface area (Å²) >= 11 is 0. The van der Waals surface area contributed by atoms with Crippen molar-refractivity contribution in [2.75, 3.05) is 11.1 Å². The average Bonchev–Trinajstić information content (AvgIpc) is 2.47. The lowest BCUT2D eigenvalue weighted by Crippen LogP contribution is -2.33. The smallest absolute Gasteiger partial charge is 0.142 e. The van der Waals surface area contributed by atoms with E-state index in [1.807, 2.05) is 25.1 Å². The highest BCUT2D eigenvalue weighted by Crippen LogP contribution is 2.25. The Morgan fingerprint density at radius 3 is 3.11 bits per heavy atom. The van der Waals surface area contributed by atoms with E-state index in [-0.39, 0.29) is 0 Å². The summed E-state index contributed by atoms with van der Waals surface area (Å²) in [6, 6.07) is 7.76. The monoisotopic (exact) mass is 277 g/mol. The summed E-state index contributed by atoms with van der Waals surface area (Å²) < 4.78 is 11.9. The summed E-state index contributed by atoms with van der Waals surface area (Å²) in [6.07, 6.45) is 4.17. The predicted molar refractivity (Wildman–Crippen MR) is 77.3 cm³/mol. The maximum atomic E-state index is 11.9. The number of pyridine rings is 1. The molecule has 0 amide bonds. The van der Waals surface area contributed by atoms with E-state index in [0.29, 0.717) is 17.0 Å². The summed E-state index contributed by atoms with van der Waals surface area (Å²) in [5.41, 5.74) is 0.425. The van der Waals surface area contributed by atoms with Crippen LogP contribution in [0.2, 0.25) is 0 Å². The fourth-order valence-corrected chi connectivity index (χ4v) is 3.88. The molecule has 0 radical (unpaired) electrons. The molecular formula is C14H19N3OS. The molecule has 1 aromatic rings. The van der Waals surface area contributed by atoms with Gasteiger partial charge in [-0.3, -0.25) is 4.21 Å². The summed E-state index contributed by atoms with van der Waals surface area (Å²) in [7, 11) is -0.711. The van der Waals surface area contributed by atoms with Gasteiger partial charge < -0.3 is 5.32 Å². The minimum Gasteiger partial charge on any atom is -0.367 e. The number of nitrogens with zero attached hydrogens (tertiary/aromatic N) is 2. The van der Waals surface area contributed by atoms with Crippen LogP contribution in [0.4, 0.5) is 5.82 Å². The van der Waals surface area contributed by atoms with Crippen LogP contribution in [0, 0.1) is 11.3 Å². The Morgan fingerprint density at radius 2 is 2.37 bits per heavy atom. The Balaban J connectivity index is 1.98. The Hall–Kier alpha value is -1.41. The molecule has 1 aromatic heterocycles. The Labute approximate surface area is 116 Å². The maximum absolute atomic E-state index is 11.9. The molecular weight excluding hydrogens is 258 g/mol. The van der Waals surface area contributed by atoms with Gasteiger partial charge in [0.25, 0.3) is 0 Å². The van der Waals surface area contributed by atoms with Crippen molar-refractivity contribution < 1.29 is 4.21 Å². The van der Waals surface area contributed by atoms with Gasteiger partial charge in [0.15, 0.2) is 0 Å². The first kappa shape index (κ1) is 14.0. The van der Waals surface area contributed by atoms with Crippen molar-refractivity contribution in [3.8, 4) is 6.07 Å². The normalized spacial score (nSPS) is 24.4. The fourth-order valence-electron chi connectivity index (χ4n) is 2.54. The van der Waals surface area contributed by atoms with E-state index in [4.69, 9.17) is 5.26 Å². The van der Waals surface area contributed by atoms with Gasteiger partial charge in [0.1, 0.15) is 17.6 Å². The minimum atomic E-state index is -0.711. The van der Waals surface area contributed by atoms with Gasteiger partial charge in [0.05, 0.1) is 0 Å². The van der Waals surface area contributed by atoms with E-state index >= 15 is 0 Å². The van der Waals surface area contributed by atoms with Crippen LogP contribution in [0.1, 0.15) is 38.3 Å². The molecule has 0 bridgehead atoms. The first-order valence-corrected chi connectivity index (χ1v) is 8.12. The van der Waals surface area contributed by atoms with E-state index in [2.05, 4.69) is 10.3 Å². The molecule has 5 heteroatoms. The third-order valence-electron chi connectivity index (χ3n) is 3.50. The van der Waals surface area contributed by atoms with E-state index in [1.54, 1.807) is 6.07 Å². The SMILES string of the molecule is CC[S@](=O)[C@@H]1CCC[C@H](Nc2cccc(C#N)n2)C1. The van der Waals surface area contributed by atoms with Crippen molar-refractivity contribution in [3.63, 3.8) is 0 Å². The third-order valence-corrected chi connectivity index (χ3v) is 5.24. The van der Waals surface area contributed by atoms with Gasteiger partial charge in [-0.05, 0) is 31.4 Å². The third kappa shape index (κ3) is 3.77. The largest absolute Gasteiger partial charge is 0.367 e. The van der Waals surface area contributed by atoms with Crippen LogP contribution < -0.4 is 5.32 Å². The summed E-state index contributed by atoms with van der Waals surface area (Å²) in [4.78, 5) is 4.23. The molecule has 102 valence electrons. The molecule has 1 heterocycles. The molecule has 0 aliphatic heterocycles. The van der Waals surface area contributed by atoms with Crippen LogP contribution in [0.25, 0.3) is 0 Å². The van der Waals surface area contributed by atoms with E-state index < -0.39 is 10.8 Å². The fraction of sp³-hybridized carbons (Fsp3) is 0.571. The van der Waals surface area contributed by atoms with Crippen molar-refractivity contribution >= 4 is 16.6 Å². The second-order valence-electron chi connectivity index (χ2n) is 4.82. The highest BCUT2D eigenvalue weighted by atomic mass is 32.2. The van der Waals surface area contributed by atoms with Crippen molar-refractivity contribution in [2.45, 2.75) is 43.9 Å². The second kappa shape index (κ2) is 6.67. The zero-order valence-corrected chi connectivity index (χ0v) is 11.9. The summed E-state index contributed by atoms with van der Waals surface area (Å²) in [6.45, 7) is 1.98. The number of anilines is 1. The van der Waals surface area contributed by atoms with Crippen LogP contribution in [0.3, 0.4) is 0 Å². The number of hydrogen-bond acceptors (Lipinski definition) is 4. The zero-order chi connectivity index (χ0) is 13.7. The Bertz CT molecular complexity index is 498. The summed E-state index contributed by atoms with van der Waals surface area (Å²) in [5.74, 6) is 1.48. The van der Waals surface area contributed by atoms with Crippen molar-refractivity contribution in [3.05, 3.63) is 23.9 Å². The number of nitriles is 1. The van der Waals surface area contributed by atoms with Crippen molar-refractivity contribution in [1.29, 1.82) is 5.26 Å². The number of aromatic nitrogens is 1. The first-order chi connectivity index (χ1) is 9.22. The number of hydrogen-bond donors (Lipinski definition) is 1. The molecule has 2 rings (SSSR count). The van der Waals surface area contributed by atoms with Gasteiger partial charge in [-0.1, -0.05) is 19.4 Å². The molecule has 1 N–H and O–H groups in total. The van der Waals surface area contributed by atoms with E-state index in [0.717, 1.165) is 37.3 Å². The van der Waals surface area contributed by atoms with Gasteiger partial charge >= 0.3 is 0 Å². The highest BCUT2D eigenvalue weighted by Gasteiger charge is 2.25.